The molecule has 0 saturated heterocycles. The van der Waals surface area contributed by atoms with Crippen LogP contribution in [0.5, 0.6) is 11.5 Å². The number of aliphatic carboxylic acids is 1. The van der Waals surface area contributed by atoms with E-state index in [0.717, 1.165) is 11.1 Å². The predicted octanol–water partition coefficient (Wildman–Crippen LogP) is 7.59. The van der Waals surface area contributed by atoms with E-state index in [1.165, 1.54) is 0 Å². The number of carboxylic acid groups (broad SMARTS) is 1. The van der Waals surface area contributed by atoms with E-state index in [0.29, 0.717) is 33.8 Å². The zero-order valence-electron chi connectivity index (χ0n) is 24.4. The Morgan fingerprint density at radius 2 is 1.13 bits per heavy atom. The molecule has 0 aromatic heterocycles. The average Bonchev–Trinajstić information content (AvgIpc) is 3.08. The normalized spacial score (nSPS) is 11.3. The summed E-state index contributed by atoms with van der Waals surface area (Å²) in [6, 6.07) is 39.7. The molecule has 0 aliphatic rings. The van der Waals surface area contributed by atoms with Crippen LogP contribution in [0.2, 0.25) is 0 Å². The number of carbonyl (C=O) groups is 4. The van der Waals surface area contributed by atoms with Crippen molar-refractivity contribution in [3.05, 3.63) is 156 Å². The van der Waals surface area contributed by atoms with E-state index < -0.39 is 17.8 Å². The first kappa shape index (κ1) is 30.6. The highest BCUT2D eigenvalue weighted by Gasteiger charge is 2.26. The van der Waals surface area contributed by atoms with Gasteiger partial charge in [0.25, 0.3) is 5.91 Å². The standard InChI is InChI=1S/C38H31NO6/c40-35(29-19-21-33(22-20-29)45-32-9-5-2-6-10-32)25-34(28-13-17-31(18-14-28)38(44)39-24-23-36(41)42)37(43)30-15-11-27(12-16-30)26-7-3-1-4-8-26/h1-22,34H,23-25H2,(H,39,44)(H,41,42). The van der Waals surface area contributed by atoms with Crippen molar-refractivity contribution < 1.29 is 29.0 Å². The number of hydrogen-bond acceptors (Lipinski definition) is 5. The van der Waals surface area contributed by atoms with Gasteiger partial charge < -0.3 is 15.2 Å². The van der Waals surface area contributed by atoms with Gasteiger partial charge in [0.1, 0.15) is 11.5 Å². The van der Waals surface area contributed by atoms with Crippen LogP contribution in [-0.4, -0.2) is 35.1 Å². The molecule has 1 amide bonds. The largest absolute Gasteiger partial charge is 0.481 e. The van der Waals surface area contributed by atoms with Gasteiger partial charge in [0, 0.05) is 29.7 Å². The summed E-state index contributed by atoms with van der Waals surface area (Å²) in [6.45, 7) is -0.000311. The number of para-hydroxylation sites is 1. The van der Waals surface area contributed by atoms with Crippen molar-refractivity contribution in [2.75, 3.05) is 6.54 Å². The second-order valence-corrected chi connectivity index (χ2v) is 10.4. The van der Waals surface area contributed by atoms with E-state index in [2.05, 4.69) is 5.32 Å². The second kappa shape index (κ2) is 14.6. The van der Waals surface area contributed by atoms with Crippen LogP contribution < -0.4 is 10.1 Å². The summed E-state index contributed by atoms with van der Waals surface area (Å²) in [5.74, 6) is -1.39. The molecule has 5 aromatic rings. The van der Waals surface area contributed by atoms with Gasteiger partial charge in [-0.05, 0) is 65.2 Å². The van der Waals surface area contributed by atoms with Crippen LogP contribution in [0.25, 0.3) is 11.1 Å². The summed E-state index contributed by atoms with van der Waals surface area (Å²) in [7, 11) is 0. The third-order valence-electron chi connectivity index (χ3n) is 7.34. The van der Waals surface area contributed by atoms with E-state index >= 15 is 0 Å². The Morgan fingerprint density at radius 3 is 1.76 bits per heavy atom. The maximum atomic E-state index is 13.9. The Kier molecular flexibility index (Phi) is 9.92. The minimum absolute atomic E-state index is 0.000311. The number of hydrogen-bond donors (Lipinski definition) is 2. The van der Waals surface area contributed by atoms with Gasteiger partial charge in [-0.2, -0.15) is 0 Å². The Morgan fingerprint density at radius 1 is 0.600 bits per heavy atom. The first-order valence-corrected chi connectivity index (χ1v) is 14.5. The second-order valence-electron chi connectivity index (χ2n) is 10.4. The molecule has 45 heavy (non-hydrogen) atoms. The number of ether oxygens (including phenoxy) is 1. The third kappa shape index (κ3) is 8.18. The number of carbonyl (C=O) groups excluding carboxylic acids is 3. The summed E-state index contributed by atoms with van der Waals surface area (Å²) in [5, 5.41) is 11.4. The monoisotopic (exact) mass is 597 g/mol. The van der Waals surface area contributed by atoms with Gasteiger partial charge in [-0.25, -0.2) is 0 Å². The quantitative estimate of drug-likeness (QED) is 0.135. The van der Waals surface area contributed by atoms with E-state index in [9.17, 15) is 19.2 Å². The lowest BCUT2D eigenvalue weighted by Gasteiger charge is -2.17. The smallest absolute Gasteiger partial charge is 0.305 e. The highest BCUT2D eigenvalue weighted by atomic mass is 16.5. The Labute approximate surface area is 261 Å². The van der Waals surface area contributed by atoms with Gasteiger partial charge in [0.05, 0.1) is 12.3 Å². The van der Waals surface area contributed by atoms with Gasteiger partial charge in [-0.3, -0.25) is 19.2 Å². The molecule has 1 atom stereocenters. The minimum atomic E-state index is -1.01. The van der Waals surface area contributed by atoms with E-state index in [-0.39, 0.29) is 31.0 Å². The molecule has 1 unspecified atom stereocenters. The van der Waals surface area contributed by atoms with E-state index in [1.54, 1.807) is 60.7 Å². The Hall–Kier alpha value is -5.82. The van der Waals surface area contributed by atoms with E-state index in [1.807, 2.05) is 72.8 Å². The van der Waals surface area contributed by atoms with Crippen molar-refractivity contribution in [1.29, 1.82) is 0 Å². The summed E-state index contributed by atoms with van der Waals surface area (Å²) < 4.78 is 5.84. The van der Waals surface area contributed by atoms with Gasteiger partial charge in [-0.1, -0.05) is 84.9 Å². The molecule has 224 valence electrons. The first-order valence-electron chi connectivity index (χ1n) is 14.5. The molecule has 0 aliphatic carbocycles. The fourth-order valence-electron chi connectivity index (χ4n) is 4.91. The minimum Gasteiger partial charge on any atom is -0.481 e. The van der Waals surface area contributed by atoms with Gasteiger partial charge in [0.2, 0.25) is 0 Å². The van der Waals surface area contributed by atoms with Crippen LogP contribution in [-0.2, 0) is 4.79 Å². The fourth-order valence-corrected chi connectivity index (χ4v) is 4.91. The predicted molar refractivity (Wildman–Crippen MR) is 172 cm³/mol. The summed E-state index contributed by atoms with van der Waals surface area (Å²) in [4.78, 5) is 50.7. The zero-order chi connectivity index (χ0) is 31.6. The van der Waals surface area contributed by atoms with Crippen molar-refractivity contribution >= 4 is 23.4 Å². The molecule has 7 heteroatoms. The summed E-state index contributed by atoms with van der Waals surface area (Å²) in [5.41, 5.74) is 3.82. The van der Waals surface area contributed by atoms with Crippen LogP contribution in [0.15, 0.2) is 133 Å². The molecule has 0 fully saturated rings. The van der Waals surface area contributed by atoms with Crippen molar-refractivity contribution in [3.63, 3.8) is 0 Å². The molecule has 0 aliphatic heterocycles. The molecule has 0 saturated carbocycles. The lowest BCUT2D eigenvalue weighted by molar-refractivity contribution is -0.136. The lowest BCUT2D eigenvalue weighted by atomic mass is 9.84. The molecule has 2 N–H and O–H groups in total. The molecular weight excluding hydrogens is 566 g/mol. The highest BCUT2D eigenvalue weighted by Crippen LogP contribution is 2.29. The van der Waals surface area contributed by atoms with Crippen LogP contribution in [0.1, 0.15) is 55.4 Å². The molecule has 0 bridgehead atoms. The van der Waals surface area contributed by atoms with Crippen molar-refractivity contribution in [1.82, 2.24) is 5.32 Å². The third-order valence-corrected chi connectivity index (χ3v) is 7.34. The van der Waals surface area contributed by atoms with Crippen LogP contribution in [0, 0.1) is 0 Å². The molecule has 7 nitrogen and oxygen atoms in total. The maximum Gasteiger partial charge on any atom is 0.305 e. The van der Waals surface area contributed by atoms with Crippen molar-refractivity contribution in [2.24, 2.45) is 0 Å². The maximum absolute atomic E-state index is 13.9. The summed E-state index contributed by atoms with van der Waals surface area (Å²) in [6.07, 6.45) is -0.271. The first-order chi connectivity index (χ1) is 21.9. The van der Waals surface area contributed by atoms with Crippen molar-refractivity contribution in [3.8, 4) is 22.6 Å². The van der Waals surface area contributed by atoms with E-state index in [4.69, 9.17) is 9.84 Å². The zero-order valence-corrected chi connectivity index (χ0v) is 24.4. The Bertz CT molecular complexity index is 1770. The molecule has 0 spiro atoms. The topological polar surface area (TPSA) is 110 Å². The van der Waals surface area contributed by atoms with Gasteiger partial charge >= 0.3 is 5.97 Å². The number of Topliss-reactive ketones (excluding diaryl/α,β-unsaturated/α-hetero) is 2. The molecule has 0 heterocycles. The average molecular weight is 598 g/mol. The lowest BCUT2D eigenvalue weighted by Crippen LogP contribution is -2.26. The number of nitrogens with one attached hydrogen (secondary N) is 1. The number of rotatable bonds is 13. The number of ketones is 2. The fraction of sp³-hybridized carbons (Fsp3) is 0.105. The number of carboxylic acids is 1. The highest BCUT2D eigenvalue weighted by molar-refractivity contribution is 6.06. The van der Waals surface area contributed by atoms with Crippen molar-refractivity contribution in [2.45, 2.75) is 18.8 Å². The SMILES string of the molecule is O=C(O)CCNC(=O)c1ccc(C(CC(=O)c2ccc(Oc3ccccc3)cc2)C(=O)c2ccc(-c3ccccc3)cc2)cc1. The van der Waals surface area contributed by atoms with Gasteiger partial charge in [-0.15, -0.1) is 0 Å². The van der Waals surface area contributed by atoms with Crippen LogP contribution in [0.3, 0.4) is 0 Å². The molecule has 0 radical (unpaired) electrons. The van der Waals surface area contributed by atoms with Gasteiger partial charge in [0.15, 0.2) is 11.6 Å². The molecule has 5 rings (SSSR count). The molecular formula is C38H31NO6. The summed E-state index contributed by atoms with van der Waals surface area (Å²) >= 11 is 0. The van der Waals surface area contributed by atoms with Crippen LogP contribution >= 0.6 is 0 Å². The Balaban J connectivity index is 1.37. The van der Waals surface area contributed by atoms with Crippen LogP contribution in [0.4, 0.5) is 0 Å². The molecule has 5 aromatic carbocycles. The number of amides is 1. The number of benzene rings is 5.